The Bertz CT molecular complexity index is 355. The second-order valence-electron chi connectivity index (χ2n) is 5.44. The van der Waals surface area contributed by atoms with Crippen molar-refractivity contribution in [3.63, 3.8) is 0 Å². The van der Waals surface area contributed by atoms with Gasteiger partial charge in [0.2, 0.25) is 0 Å². The number of aliphatic hydroxyl groups excluding tert-OH is 2. The summed E-state index contributed by atoms with van der Waals surface area (Å²) in [6.07, 6.45) is 5.03. The lowest BCUT2D eigenvalue weighted by Crippen LogP contribution is -2.41. The van der Waals surface area contributed by atoms with E-state index < -0.39 is 0 Å². The lowest BCUT2D eigenvalue weighted by atomic mass is 9.79. The average molecular weight is 263 g/mol. The number of benzene rings is 1. The maximum atomic E-state index is 10.6. The van der Waals surface area contributed by atoms with Gasteiger partial charge in [-0.1, -0.05) is 43.2 Å². The normalized spacial score (nSPS) is 25.2. The van der Waals surface area contributed by atoms with E-state index in [9.17, 15) is 5.11 Å². The van der Waals surface area contributed by atoms with Crippen LogP contribution in [0, 0.1) is 5.92 Å². The number of hydrogen-bond donors (Lipinski definition) is 3. The van der Waals surface area contributed by atoms with Crippen molar-refractivity contribution in [2.24, 2.45) is 5.92 Å². The van der Waals surface area contributed by atoms with Crippen molar-refractivity contribution >= 4 is 0 Å². The molecule has 3 heteroatoms. The lowest BCUT2D eigenvalue weighted by Gasteiger charge is -2.35. The summed E-state index contributed by atoms with van der Waals surface area (Å²) in [5, 5.41) is 22.9. The van der Waals surface area contributed by atoms with E-state index >= 15 is 0 Å². The van der Waals surface area contributed by atoms with Gasteiger partial charge >= 0.3 is 0 Å². The third kappa shape index (κ3) is 4.03. The maximum Gasteiger partial charge on any atom is 0.0833 e. The van der Waals surface area contributed by atoms with E-state index in [2.05, 4.69) is 5.32 Å². The molecule has 1 fully saturated rings. The molecule has 106 valence electrons. The molecule has 1 saturated carbocycles. The van der Waals surface area contributed by atoms with Gasteiger partial charge in [-0.3, -0.25) is 0 Å². The van der Waals surface area contributed by atoms with E-state index in [-0.39, 0.29) is 18.6 Å². The van der Waals surface area contributed by atoms with Gasteiger partial charge < -0.3 is 15.5 Å². The van der Waals surface area contributed by atoms with Gasteiger partial charge in [0.25, 0.3) is 0 Å². The van der Waals surface area contributed by atoms with Crippen LogP contribution in [0.2, 0.25) is 0 Å². The Balaban J connectivity index is 1.98. The van der Waals surface area contributed by atoms with Crippen molar-refractivity contribution < 1.29 is 10.2 Å². The zero-order valence-electron chi connectivity index (χ0n) is 11.5. The number of rotatable bonds is 6. The smallest absolute Gasteiger partial charge is 0.0833 e. The van der Waals surface area contributed by atoms with Gasteiger partial charge in [-0.15, -0.1) is 0 Å². The minimum Gasteiger partial charge on any atom is -0.396 e. The number of aliphatic hydroxyl groups is 2. The van der Waals surface area contributed by atoms with E-state index in [0.717, 1.165) is 31.4 Å². The van der Waals surface area contributed by atoms with Crippen LogP contribution in [0.15, 0.2) is 30.3 Å². The quantitative estimate of drug-likeness (QED) is 0.690. The molecule has 3 N–H and O–H groups in total. The zero-order chi connectivity index (χ0) is 13.5. The first kappa shape index (κ1) is 14.5. The van der Waals surface area contributed by atoms with Gasteiger partial charge in [0.15, 0.2) is 0 Å². The summed E-state index contributed by atoms with van der Waals surface area (Å²) < 4.78 is 0. The molecule has 2 rings (SSSR count). The van der Waals surface area contributed by atoms with Gasteiger partial charge in [-0.05, 0) is 31.4 Å². The van der Waals surface area contributed by atoms with Crippen molar-refractivity contribution in [2.75, 3.05) is 13.2 Å². The van der Waals surface area contributed by atoms with Crippen LogP contribution in [0.25, 0.3) is 0 Å². The minimum atomic E-state index is -0.381. The zero-order valence-corrected chi connectivity index (χ0v) is 11.5. The van der Waals surface area contributed by atoms with Crippen molar-refractivity contribution in [3.8, 4) is 0 Å². The molecule has 0 spiro atoms. The van der Waals surface area contributed by atoms with Gasteiger partial charge in [0.1, 0.15) is 0 Å². The van der Waals surface area contributed by atoms with Crippen LogP contribution in [0.5, 0.6) is 0 Å². The van der Waals surface area contributed by atoms with E-state index in [1.54, 1.807) is 0 Å². The highest BCUT2D eigenvalue weighted by atomic mass is 16.3. The molecule has 1 aliphatic carbocycles. The van der Waals surface area contributed by atoms with Crippen LogP contribution < -0.4 is 5.32 Å². The molecule has 1 aromatic rings. The van der Waals surface area contributed by atoms with E-state index in [1.165, 1.54) is 12.8 Å². The summed E-state index contributed by atoms with van der Waals surface area (Å²) in [5.74, 6) is 0.287. The van der Waals surface area contributed by atoms with E-state index in [0.29, 0.717) is 6.04 Å². The van der Waals surface area contributed by atoms with Crippen LogP contribution in [0.3, 0.4) is 0 Å². The predicted octanol–water partition coefficient (Wildman–Crippen LogP) is 2.25. The summed E-state index contributed by atoms with van der Waals surface area (Å²) in [5.41, 5.74) is 1.02. The molecule has 1 aliphatic rings. The van der Waals surface area contributed by atoms with Gasteiger partial charge in [-0.2, -0.15) is 0 Å². The average Bonchev–Trinajstić information content (AvgIpc) is 2.48. The highest BCUT2D eigenvalue weighted by Gasteiger charge is 2.31. The Morgan fingerprint density at radius 2 is 1.89 bits per heavy atom. The fraction of sp³-hybridized carbons (Fsp3) is 0.625. The van der Waals surface area contributed by atoms with Gasteiger partial charge in [-0.25, -0.2) is 0 Å². The third-order valence-corrected chi connectivity index (χ3v) is 4.11. The molecule has 19 heavy (non-hydrogen) atoms. The Kier molecular flexibility index (Phi) is 5.83. The second-order valence-corrected chi connectivity index (χ2v) is 5.44. The van der Waals surface area contributed by atoms with E-state index in [1.807, 2.05) is 30.3 Å². The van der Waals surface area contributed by atoms with Crippen molar-refractivity contribution in [3.05, 3.63) is 35.9 Å². The fourth-order valence-electron chi connectivity index (χ4n) is 3.05. The Labute approximate surface area is 115 Å². The molecule has 3 unspecified atom stereocenters. The highest BCUT2D eigenvalue weighted by molar-refractivity contribution is 5.18. The summed E-state index contributed by atoms with van der Waals surface area (Å²) >= 11 is 0. The van der Waals surface area contributed by atoms with Crippen LogP contribution in [0.1, 0.15) is 43.8 Å². The van der Waals surface area contributed by atoms with Crippen molar-refractivity contribution in [1.29, 1.82) is 0 Å². The standard InChI is InChI=1S/C16H25NO2/c18-12-6-11-17-15-10-5-4-9-14(15)16(19)13-7-2-1-3-8-13/h1-3,7-8,14-19H,4-6,9-12H2. The molecule has 0 saturated heterocycles. The first-order valence-corrected chi connectivity index (χ1v) is 7.40. The van der Waals surface area contributed by atoms with Gasteiger partial charge in [0.05, 0.1) is 6.10 Å². The van der Waals surface area contributed by atoms with Crippen LogP contribution >= 0.6 is 0 Å². The molecule has 0 bridgehead atoms. The molecule has 3 atom stereocenters. The summed E-state index contributed by atoms with van der Waals surface area (Å²) in [6, 6.07) is 10.3. The Morgan fingerprint density at radius 3 is 2.63 bits per heavy atom. The molecule has 0 amide bonds. The highest BCUT2D eigenvalue weighted by Crippen LogP contribution is 2.34. The molecular weight excluding hydrogens is 238 g/mol. The summed E-state index contributed by atoms with van der Waals surface area (Å²) in [4.78, 5) is 0. The monoisotopic (exact) mass is 263 g/mol. The molecule has 1 aromatic carbocycles. The lowest BCUT2D eigenvalue weighted by molar-refractivity contribution is 0.0612. The maximum absolute atomic E-state index is 10.6. The van der Waals surface area contributed by atoms with E-state index in [4.69, 9.17) is 5.11 Å². The molecule has 0 aliphatic heterocycles. The van der Waals surface area contributed by atoms with Crippen LogP contribution in [-0.4, -0.2) is 29.4 Å². The molecule has 0 aromatic heterocycles. The fourth-order valence-corrected chi connectivity index (χ4v) is 3.05. The van der Waals surface area contributed by atoms with Gasteiger partial charge in [0, 0.05) is 18.6 Å². The topological polar surface area (TPSA) is 52.5 Å². The molecule has 0 radical (unpaired) electrons. The van der Waals surface area contributed by atoms with Crippen molar-refractivity contribution in [2.45, 2.75) is 44.2 Å². The number of hydrogen-bond acceptors (Lipinski definition) is 3. The molecule has 0 heterocycles. The largest absolute Gasteiger partial charge is 0.396 e. The third-order valence-electron chi connectivity index (χ3n) is 4.11. The first-order valence-electron chi connectivity index (χ1n) is 7.40. The van der Waals surface area contributed by atoms with Crippen LogP contribution in [0.4, 0.5) is 0 Å². The van der Waals surface area contributed by atoms with Crippen LogP contribution in [-0.2, 0) is 0 Å². The Hall–Kier alpha value is -0.900. The molecule has 3 nitrogen and oxygen atoms in total. The minimum absolute atomic E-state index is 0.228. The van der Waals surface area contributed by atoms with Crippen molar-refractivity contribution in [1.82, 2.24) is 5.32 Å². The second kappa shape index (κ2) is 7.63. The Morgan fingerprint density at radius 1 is 1.16 bits per heavy atom. The summed E-state index contributed by atoms with van der Waals surface area (Å²) in [6.45, 7) is 1.06. The SMILES string of the molecule is OCCCNC1CCCCC1C(O)c1ccccc1. The summed E-state index contributed by atoms with van der Waals surface area (Å²) in [7, 11) is 0. The predicted molar refractivity (Wildman–Crippen MR) is 76.9 cm³/mol. The number of nitrogens with one attached hydrogen (secondary N) is 1. The molecular formula is C16H25NO2. The first-order chi connectivity index (χ1) is 9.33.